The predicted molar refractivity (Wildman–Crippen MR) is 77.9 cm³/mol. The first-order valence-electron chi connectivity index (χ1n) is 5.22. The van der Waals surface area contributed by atoms with E-state index in [4.69, 9.17) is 51.1 Å². The van der Waals surface area contributed by atoms with Crippen molar-refractivity contribution in [1.82, 2.24) is 9.97 Å². The predicted octanol–water partition coefficient (Wildman–Crippen LogP) is 5.28. The van der Waals surface area contributed by atoms with Crippen molar-refractivity contribution in [2.45, 2.75) is 12.8 Å². The molecule has 19 heavy (non-hydrogen) atoms. The van der Waals surface area contributed by atoms with E-state index in [1.54, 1.807) is 6.20 Å². The summed E-state index contributed by atoms with van der Waals surface area (Å²) in [6.07, 6.45) is 1.61. The zero-order valence-corrected chi connectivity index (χ0v) is 12.8. The molecule has 0 saturated heterocycles. The van der Waals surface area contributed by atoms with Crippen molar-refractivity contribution >= 4 is 46.4 Å². The van der Waals surface area contributed by atoms with Crippen molar-refractivity contribution < 1.29 is 4.74 Å². The first kappa shape index (κ1) is 14.7. The molecule has 0 aliphatic carbocycles. The molecule has 0 radical (unpaired) electrons. The lowest BCUT2D eigenvalue weighted by atomic mass is 10.3. The number of alkyl halides is 1. The summed E-state index contributed by atoms with van der Waals surface area (Å²) in [6, 6.07) is 3.19. The minimum atomic E-state index is 0.173. The van der Waals surface area contributed by atoms with Crippen LogP contribution in [0.2, 0.25) is 15.1 Å². The van der Waals surface area contributed by atoms with Gasteiger partial charge in [-0.1, -0.05) is 34.8 Å². The summed E-state index contributed by atoms with van der Waals surface area (Å²) in [5, 5.41) is 1.03. The van der Waals surface area contributed by atoms with Crippen LogP contribution in [-0.2, 0) is 5.88 Å². The van der Waals surface area contributed by atoms with E-state index in [1.165, 1.54) is 12.1 Å². The summed E-state index contributed by atoms with van der Waals surface area (Å²) in [5.74, 6) is 0.689. The number of aromatic nitrogens is 2. The van der Waals surface area contributed by atoms with Crippen molar-refractivity contribution in [3.8, 4) is 11.8 Å². The van der Waals surface area contributed by atoms with Crippen LogP contribution >= 0.6 is 46.4 Å². The van der Waals surface area contributed by atoms with E-state index < -0.39 is 0 Å². The Bertz CT molecular complexity index is 619. The second kappa shape index (κ2) is 6.14. The van der Waals surface area contributed by atoms with Gasteiger partial charge in [-0.3, -0.25) is 0 Å². The highest BCUT2D eigenvalue weighted by atomic mass is 35.5. The lowest BCUT2D eigenvalue weighted by Crippen LogP contribution is -1.97. The van der Waals surface area contributed by atoms with E-state index in [-0.39, 0.29) is 6.01 Å². The van der Waals surface area contributed by atoms with Gasteiger partial charge < -0.3 is 4.74 Å². The Morgan fingerprint density at radius 3 is 2.42 bits per heavy atom. The fourth-order valence-electron chi connectivity index (χ4n) is 1.33. The van der Waals surface area contributed by atoms with Gasteiger partial charge in [0.2, 0.25) is 0 Å². The first-order valence-corrected chi connectivity index (χ1v) is 6.89. The molecule has 7 heteroatoms. The molecule has 0 spiro atoms. The van der Waals surface area contributed by atoms with E-state index in [0.29, 0.717) is 26.7 Å². The van der Waals surface area contributed by atoms with Crippen LogP contribution in [0, 0.1) is 6.92 Å². The summed E-state index contributed by atoms with van der Waals surface area (Å²) in [4.78, 5) is 8.23. The van der Waals surface area contributed by atoms with Crippen LogP contribution in [0.5, 0.6) is 11.8 Å². The van der Waals surface area contributed by atoms with Crippen molar-refractivity contribution in [2.24, 2.45) is 0 Å². The van der Waals surface area contributed by atoms with Crippen LogP contribution in [0.15, 0.2) is 18.3 Å². The van der Waals surface area contributed by atoms with Gasteiger partial charge in [-0.25, -0.2) is 4.98 Å². The number of ether oxygens (including phenoxy) is 1. The smallest absolute Gasteiger partial charge is 0.322 e. The van der Waals surface area contributed by atoms with E-state index in [0.717, 1.165) is 11.3 Å². The molecule has 1 aromatic carbocycles. The second-order valence-corrected chi connectivity index (χ2v) is 5.18. The molecule has 0 fully saturated rings. The molecule has 100 valence electrons. The number of benzene rings is 1. The van der Waals surface area contributed by atoms with Crippen LogP contribution in [0.4, 0.5) is 0 Å². The number of aryl methyl sites for hydroxylation is 1. The number of rotatable bonds is 3. The summed E-state index contributed by atoms with van der Waals surface area (Å²) in [5.41, 5.74) is 1.59. The van der Waals surface area contributed by atoms with Crippen LogP contribution in [0.25, 0.3) is 0 Å². The molecule has 1 heterocycles. The molecule has 0 bridgehead atoms. The molecule has 2 rings (SSSR count). The number of nitrogens with zero attached hydrogens (tertiary/aromatic N) is 2. The Hall–Kier alpha value is -0.740. The monoisotopic (exact) mass is 336 g/mol. The highest BCUT2D eigenvalue weighted by Gasteiger charge is 2.10. The van der Waals surface area contributed by atoms with E-state index >= 15 is 0 Å². The standard InChI is InChI=1S/C12H8Cl4N2O/c1-6-7(4-13)5-17-12(18-6)19-11-3-9(15)8(14)2-10(11)16/h2-3,5H,4H2,1H3. The number of hydrogen-bond acceptors (Lipinski definition) is 3. The van der Waals surface area contributed by atoms with E-state index in [2.05, 4.69) is 9.97 Å². The van der Waals surface area contributed by atoms with Gasteiger partial charge in [0, 0.05) is 23.5 Å². The van der Waals surface area contributed by atoms with Crippen molar-refractivity contribution in [3.63, 3.8) is 0 Å². The normalized spacial score (nSPS) is 10.6. The molecule has 0 unspecified atom stereocenters. The average Bonchev–Trinajstić information content (AvgIpc) is 2.36. The molecule has 0 aliphatic heterocycles. The maximum atomic E-state index is 6.00. The highest BCUT2D eigenvalue weighted by molar-refractivity contribution is 6.43. The first-order chi connectivity index (χ1) is 9.01. The Kier molecular flexibility index (Phi) is 4.74. The van der Waals surface area contributed by atoms with Gasteiger partial charge in [-0.2, -0.15) is 4.98 Å². The zero-order chi connectivity index (χ0) is 14.0. The summed E-state index contributed by atoms with van der Waals surface area (Å²) in [6.45, 7) is 1.82. The molecule has 0 amide bonds. The minimum Gasteiger partial charge on any atom is -0.423 e. The van der Waals surface area contributed by atoms with E-state index in [9.17, 15) is 0 Å². The van der Waals surface area contributed by atoms with Crippen molar-refractivity contribution in [2.75, 3.05) is 0 Å². The lowest BCUT2D eigenvalue weighted by Gasteiger charge is -2.08. The lowest BCUT2D eigenvalue weighted by molar-refractivity contribution is 0.440. The third kappa shape index (κ3) is 3.42. The van der Waals surface area contributed by atoms with Gasteiger partial charge in [0.25, 0.3) is 0 Å². The second-order valence-electron chi connectivity index (χ2n) is 3.70. The summed E-state index contributed by atoms with van der Waals surface area (Å²) < 4.78 is 5.48. The number of halogens is 4. The Labute approximate surface area is 130 Å². The maximum absolute atomic E-state index is 6.00. The maximum Gasteiger partial charge on any atom is 0.322 e. The molecule has 0 saturated carbocycles. The van der Waals surface area contributed by atoms with Gasteiger partial charge in [0.05, 0.1) is 20.9 Å². The molecule has 1 aromatic heterocycles. The highest BCUT2D eigenvalue weighted by Crippen LogP contribution is 2.35. The third-order valence-electron chi connectivity index (χ3n) is 2.38. The fraction of sp³-hybridized carbons (Fsp3) is 0.167. The van der Waals surface area contributed by atoms with Crippen LogP contribution in [0.1, 0.15) is 11.3 Å². The van der Waals surface area contributed by atoms with Crippen LogP contribution in [0.3, 0.4) is 0 Å². The van der Waals surface area contributed by atoms with Gasteiger partial charge in [-0.15, -0.1) is 11.6 Å². The summed E-state index contributed by atoms with van der Waals surface area (Å²) >= 11 is 23.5. The number of hydrogen-bond donors (Lipinski definition) is 0. The average molecular weight is 338 g/mol. The molecule has 0 N–H and O–H groups in total. The molecule has 3 nitrogen and oxygen atoms in total. The molecule has 0 aliphatic rings. The van der Waals surface area contributed by atoms with Gasteiger partial charge in [-0.05, 0) is 13.0 Å². The van der Waals surface area contributed by atoms with Crippen molar-refractivity contribution in [3.05, 3.63) is 44.7 Å². The Morgan fingerprint density at radius 2 is 1.79 bits per heavy atom. The fourth-order valence-corrected chi connectivity index (χ4v) is 2.17. The molecule has 0 atom stereocenters. The van der Waals surface area contributed by atoms with Gasteiger partial charge in [0.1, 0.15) is 0 Å². The quantitative estimate of drug-likeness (QED) is 0.564. The zero-order valence-electron chi connectivity index (χ0n) is 9.75. The van der Waals surface area contributed by atoms with Gasteiger partial charge >= 0.3 is 6.01 Å². The SMILES string of the molecule is Cc1nc(Oc2cc(Cl)c(Cl)cc2Cl)ncc1CCl. The summed E-state index contributed by atoms with van der Waals surface area (Å²) in [7, 11) is 0. The minimum absolute atomic E-state index is 0.173. The van der Waals surface area contributed by atoms with Gasteiger partial charge in [0.15, 0.2) is 5.75 Å². The molecular weight excluding hydrogens is 330 g/mol. The Balaban J connectivity index is 2.31. The largest absolute Gasteiger partial charge is 0.423 e. The third-order valence-corrected chi connectivity index (χ3v) is 3.68. The van der Waals surface area contributed by atoms with E-state index in [1.807, 2.05) is 6.92 Å². The van der Waals surface area contributed by atoms with Crippen molar-refractivity contribution in [1.29, 1.82) is 0 Å². The molecular formula is C12H8Cl4N2O. The molecule has 2 aromatic rings. The van der Waals surface area contributed by atoms with Crippen LogP contribution in [-0.4, -0.2) is 9.97 Å². The van der Waals surface area contributed by atoms with Crippen LogP contribution < -0.4 is 4.74 Å². The Morgan fingerprint density at radius 1 is 1.11 bits per heavy atom. The topological polar surface area (TPSA) is 35.0 Å².